The van der Waals surface area contributed by atoms with Gasteiger partial charge in [0.2, 0.25) is 5.16 Å². The summed E-state index contributed by atoms with van der Waals surface area (Å²) in [4.78, 5) is 17.4. The first kappa shape index (κ1) is 22.6. The van der Waals surface area contributed by atoms with Crippen molar-refractivity contribution in [1.29, 1.82) is 0 Å². The number of methoxy groups -OCH3 is 1. The Morgan fingerprint density at radius 2 is 1.83 bits per heavy atom. The van der Waals surface area contributed by atoms with Crippen LogP contribution in [0.4, 0.5) is 0 Å². The summed E-state index contributed by atoms with van der Waals surface area (Å²) in [5.74, 6) is 7.41. The summed E-state index contributed by atoms with van der Waals surface area (Å²) in [5, 5.41) is 15.0. The van der Waals surface area contributed by atoms with E-state index in [9.17, 15) is 4.79 Å². The van der Waals surface area contributed by atoms with Crippen molar-refractivity contribution in [3.8, 4) is 17.1 Å². The Balaban J connectivity index is 1.36. The molecule has 2 aromatic heterocycles. The van der Waals surface area contributed by atoms with Gasteiger partial charge in [0, 0.05) is 24.4 Å². The third-order valence-corrected chi connectivity index (χ3v) is 6.61. The van der Waals surface area contributed by atoms with Crippen molar-refractivity contribution in [2.45, 2.75) is 17.6 Å². The van der Waals surface area contributed by atoms with Crippen molar-refractivity contribution < 1.29 is 9.53 Å². The number of thioether (sulfide) groups is 1. The van der Waals surface area contributed by atoms with E-state index in [-0.39, 0.29) is 17.7 Å². The van der Waals surface area contributed by atoms with Gasteiger partial charge in [0.05, 0.1) is 24.6 Å². The van der Waals surface area contributed by atoms with E-state index in [0.29, 0.717) is 17.4 Å². The van der Waals surface area contributed by atoms with Gasteiger partial charge >= 0.3 is 0 Å². The molecule has 1 atom stereocenters. The van der Waals surface area contributed by atoms with Gasteiger partial charge in [-0.25, -0.2) is 9.69 Å². The molecule has 2 aromatic carbocycles. The van der Waals surface area contributed by atoms with E-state index in [1.165, 1.54) is 16.4 Å². The lowest BCUT2D eigenvalue weighted by atomic mass is 9.98. The molecule has 35 heavy (non-hydrogen) atoms. The minimum Gasteiger partial charge on any atom is -0.497 e. The molecule has 0 aliphatic carbocycles. The van der Waals surface area contributed by atoms with E-state index < -0.39 is 0 Å². The summed E-state index contributed by atoms with van der Waals surface area (Å²) in [6.45, 7) is 0. The van der Waals surface area contributed by atoms with E-state index in [1.807, 2.05) is 60.7 Å². The molecule has 1 aliphatic heterocycles. The molecule has 0 fully saturated rings. The predicted octanol–water partition coefficient (Wildman–Crippen LogP) is 3.53. The van der Waals surface area contributed by atoms with Gasteiger partial charge in [-0.3, -0.25) is 9.78 Å². The summed E-state index contributed by atoms with van der Waals surface area (Å²) in [6, 6.07) is 21.1. The van der Waals surface area contributed by atoms with Crippen LogP contribution < -0.4 is 10.6 Å². The summed E-state index contributed by atoms with van der Waals surface area (Å²) >= 11 is 1.22. The molecule has 0 saturated carbocycles. The normalized spacial score (nSPS) is 15.2. The molecule has 0 bridgehead atoms. The van der Waals surface area contributed by atoms with Gasteiger partial charge in [0.15, 0.2) is 5.82 Å². The highest BCUT2D eigenvalue weighted by molar-refractivity contribution is 7.99. The van der Waals surface area contributed by atoms with E-state index in [0.717, 1.165) is 28.2 Å². The van der Waals surface area contributed by atoms with Gasteiger partial charge in [-0.05, 0) is 35.4 Å². The maximum absolute atomic E-state index is 13.4. The van der Waals surface area contributed by atoms with Gasteiger partial charge in [-0.2, -0.15) is 5.10 Å². The third-order valence-electron chi connectivity index (χ3n) is 5.68. The zero-order chi connectivity index (χ0) is 24.2. The molecule has 10 heteroatoms. The minimum absolute atomic E-state index is 0.112. The zero-order valence-electron chi connectivity index (χ0n) is 19.0. The number of amides is 1. The van der Waals surface area contributed by atoms with Crippen LogP contribution in [-0.2, 0) is 4.79 Å². The second-order valence-corrected chi connectivity index (χ2v) is 8.79. The molecular weight excluding hydrogens is 462 g/mol. The molecule has 0 spiro atoms. The molecule has 176 valence electrons. The Labute approximate surface area is 206 Å². The average Bonchev–Trinajstić information content (AvgIpc) is 3.52. The fourth-order valence-corrected chi connectivity index (χ4v) is 4.60. The Morgan fingerprint density at radius 1 is 1.06 bits per heavy atom. The average molecular weight is 486 g/mol. The predicted molar refractivity (Wildman–Crippen MR) is 134 cm³/mol. The van der Waals surface area contributed by atoms with E-state index in [2.05, 4.69) is 15.2 Å². The van der Waals surface area contributed by atoms with Gasteiger partial charge < -0.3 is 10.6 Å². The summed E-state index contributed by atoms with van der Waals surface area (Å²) in [5.41, 5.74) is 3.60. The van der Waals surface area contributed by atoms with Crippen molar-refractivity contribution in [3.05, 3.63) is 90.3 Å². The maximum Gasteiger partial charge on any atom is 0.253 e. The fraction of sp³-hybridized carbons (Fsp3) is 0.160. The van der Waals surface area contributed by atoms with Crippen molar-refractivity contribution in [3.63, 3.8) is 0 Å². The maximum atomic E-state index is 13.4. The highest BCUT2D eigenvalue weighted by Crippen LogP contribution is 2.34. The van der Waals surface area contributed by atoms with Crippen LogP contribution in [0.5, 0.6) is 5.75 Å². The van der Waals surface area contributed by atoms with Gasteiger partial charge in [-0.15, -0.1) is 10.2 Å². The number of aromatic nitrogens is 4. The number of nitrogens with zero attached hydrogens (tertiary/aromatic N) is 6. The van der Waals surface area contributed by atoms with Crippen molar-refractivity contribution in [2.24, 2.45) is 5.10 Å². The highest BCUT2D eigenvalue weighted by Gasteiger charge is 2.33. The first-order chi connectivity index (χ1) is 17.1. The molecule has 2 N–H and O–H groups in total. The fourth-order valence-electron chi connectivity index (χ4n) is 3.89. The molecule has 1 unspecified atom stereocenters. The Morgan fingerprint density at radius 3 is 2.54 bits per heavy atom. The van der Waals surface area contributed by atoms with E-state index in [4.69, 9.17) is 15.7 Å². The number of hydrogen-bond acceptors (Lipinski definition) is 8. The SMILES string of the molecule is COc1ccc(C2CC(c3ccccc3)=NN2C(=O)CSc2nnc(-c3cccnc3)n2N)cc1. The minimum atomic E-state index is -0.217. The van der Waals surface area contributed by atoms with Crippen molar-refractivity contribution in [1.82, 2.24) is 24.9 Å². The smallest absolute Gasteiger partial charge is 0.253 e. The number of carbonyl (C=O) groups is 1. The Hall–Kier alpha value is -4.18. The van der Waals surface area contributed by atoms with Crippen LogP contribution in [0.15, 0.2) is 89.4 Å². The van der Waals surface area contributed by atoms with Crippen LogP contribution in [-0.4, -0.2) is 49.3 Å². The van der Waals surface area contributed by atoms with Crippen molar-refractivity contribution in [2.75, 3.05) is 18.7 Å². The lowest BCUT2D eigenvalue weighted by Crippen LogP contribution is -2.28. The second kappa shape index (κ2) is 9.98. The molecule has 0 saturated heterocycles. The number of nitrogens with two attached hydrogens (primary N) is 1. The van der Waals surface area contributed by atoms with E-state index >= 15 is 0 Å². The molecule has 5 rings (SSSR count). The third kappa shape index (κ3) is 4.73. The van der Waals surface area contributed by atoms with Crippen LogP contribution in [0.1, 0.15) is 23.6 Å². The molecule has 3 heterocycles. The molecule has 0 radical (unpaired) electrons. The van der Waals surface area contributed by atoms with Gasteiger partial charge in [-0.1, -0.05) is 54.2 Å². The van der Waals surface area contributed by atoms with E-state index in [1.54, 1.807) is 30.6 Å². The molecule has 1 aliphatic rings. The highest BCUT2D eigenvalue weighted by atomic mass is 32.2. The number of benzene rings is 2. The Bertz CT molecular complexity index is 1340. The number of pyridine rings is 1. The molecule has 9 nitrogen and oxygen atoms in total. The van der Waals surface area contributed by atoms with Crippen LogP contribution in [0.25, 0.3) is 11.4 Å². The van der Waals surface area contributed by atoms with Crippen LogP contribution in [0.2, 0.25) is 0 Å². The zero-order valence-corrected chi connectivity index (χ0v) is 19.8. The number of carbonyl (C=O) groups excluding carboxylic acids is 1. The largest absolute Gasteiger partial charge is 0.497 e. The first-order valence-electron chi connectivity index (χ1n) is 11.0. The molecular formula is C25H23N7O2S. The summed E-state index contributed by atoms with van der Waals surface area (Å²) in [6.07, 6.45) is 3.95. The lowest BCUT2D eigenvalue weighted by Gasteiger charge is -2.22. The number of hydrazone groups is 1. The molecule has 4 aromatic rings. The lowest BCUT2D eigenvalue weighted by molar-refractivity contribution is -0.130. The van der Waals surface area contributed by atoms with Gasteiger partial charge in [0.1, 0.15) is 5.75 Å². The van der Waals surface area contributed by atoms with Gasteiger partial charge in [0.25, 0.3) is 5.91 Å². The summed E-state index contributed by atoms with van der Waals surface area (Å²) < 4.78 is 6.66. The molecule has 1 amide bonds. The van der Waals surface area contributed by atoms with Crippen LogP contribution in [0, 0.1) is 0 Å². The second-order valence-electron chi connectivity index (χ2n) is 7.85. The number of hydrogen-bond donors (Lipinski definition) is 1. The van der Waals surface area contributed by atoms with Crippen LogP contribution >= 0.6 is 11.8 Å². The standard InChI is InChI=1S/C25H23N7O2S/c1-34-20-11-9-18(10-12-20)22-14-21(17-6-3-2-4-7-17)30-32(22)23(33)16-35-25-29-28-24(31(25)26)19-8-5-13-27-15-19/h2-13,15,22H,14,16,26H2,1H3. The first-order valence-corrected chi connectivity index (χ1v) is 11.9. The Kier molecular flexibility index (Phi) is 6.44. The topological polar surface area (TPSA) is 112 Å². The monoisotopic (exact) mass is 485 g/mol. The quantitative estimate of drug-likeness (QED) is 0.315. The van der Waals surface area contributed by atoms with Crippen LogP contribution in [0.3, 0.4) is 0 Å². The van der Waals surface area contributed by atoms with Crippen molar-refractivity contribution >= 4 is 23.4 Å². The number of nitrogen functional groups attached to an aromatic ring is 1. The summed E-state index contributed by atoms with van der Waals surface area (Å²) in [7, 11) is 1.63. The number of ether oxygens (including phenoxy) is 1. The number of rotatable bonds is 7.